The Labute approximate surface area is 107 Å². The van der Waals surface area contributed by atoms with Crippen LogP contribution in [0.1, 0.15) is 5.56 Å². The van der Waals surface area contributed by atoms with Crippen LogP contribution < -0.4 is 5.32 Å². The fourth-order valence-electron chi connectivity index (χ4n) is 1.63. The van der Waals surface area contributed by atoms with Crippen molar-refractivity contribution in [3.63, 3.8) is 0 Å². The van der Waals surface area contributed by atoms with Crippen molar-refractivity contribution < 1.29 is 13.7 Å². The molecule has 1 N–H and O–H groups in total. The van der Waals surface area contributed by atoms with Crippen molar-refractivity contribution in [1.82, 2.24) is 0 Å². The van der Waals surface area contributed by atoms with E-state index in [-0.39, 0.29) is 23.7 Å². The maximum Gasteiger partial charge on any atom is 0.274 e. The van der Waals surface area contributed by atoms with E-state index in [2.05, 4.69) is 5.32 Å². The Morgan fingerprint density at radius 1 is 1.11 bits per heavy atom. The zero-order valence-corrected chi connectivity index (χ0v) is 9.77. The standard InChI is InChI=1S/C13H10F2N2O2/c14-10-3-1-2-9(4-10)8-16-12-5-11(15)6-13(7-12)17(18)19/h1-7,16H,8H2. The fourth-order valence-corrected chi connectivity index (χ4v) is 1.63. The summed E-state index contributed by atoms with van der Waals surface area (Å²) in [6.45, 7) is 0.248. The number of hydrogen-bond acceptors (Lipinski definition) is 3. The van der Waals surface area contributed by atoms with Gasteiger partial charge in [0.1, 0.15) is 11.6 Å². The second-order valence-electron chi connectivity index (χ2n) is 3.94. The van der Waals surface area contributed by atoms with Gasteiger partial charge in [-0.25, -0.2) is 8.78 Å². The fraction of sp³-hybridized carbons (Fsp3) is 0.0769. The summed E-state index contributed by atoms with van der Waals surface area (Å²) in [5.74, 6) is -1.07. The Kier molecular flexibility index (Phi) is 3.70. The molecule has 0 aromatic heterocycles. The Balaban J connectivity index is 2.13. The minimum Gasteiger partial charge on any atom is -0.381 e. The minimum atomic E-state index is -0.698. The van der Waals surface area contributed by atoms with E-state index >= 15 is 0 Å². The van der Waals surface area contributed by atoms with Crippen LogP contribution in [0.4, 0.5) is 20.2 Å². The van der Waals surface area contributed by atoms with E-state index in [0.29, 0.717) is 5.56 Å². The molecule has 0 atom stereocenters. The molecule has 0 saturated carbocycles. The average Bonchev–Trinajstić information content (AvgIpc) is 2.36. The topological polar surface area (TPSA) is 55.2 Å². The quantitative estimate of drug-likeness (QED) is 0.679. The number of hydrogen-bond donors (Lipinski definition) is 1. The van der Waals surface area contributed by atoms with Crippen LogP contribution in [-0.2, 0) is 6.54 Å². The van der Waals surface area contributed by atoms with Crippen molar-refractivity contribution in [3.8, 4) is 0 Å². The summed E-state index contributed by atoms with van der Waals surface area (Å²) in [6.07, 6.45) is 0. The molecule has 0 fully saturated rings. The van der Waals surface area contributed by atoms with E-state index in [9.17, 15) is 18.9 Å². The molecule has 0 aliphatic rings. The van der Waals surface area contributed by atoms with Gasteiger partial charge < -0.3 is 5.32 Å². The molecule has 0 saturated heterocycles. The van der Waals surface area contributed by atoms with E-state index in [1.165, 1.54) is 18.2 Å². The number of nitrogens with zero attached hydrogens (tertiary/aromatic N) is 1. The minimum absolute atomic E-state index is 0.248. The monoisotopic (exact) mass is 264 g/mol. The van der Waals surface area contributed by atoms with Gasteiger partial charge in [0.25, 0.3) is 5.69 Å². The maximum atomic E-state index is 13.2. The summed E-state index contributed by atoms with van der Waals surface area (Å²) < 4.78 is 26.1. The summed E-state index contributed by atoms with van der Waals surface area (Å²) in [4.78, 5) is 9.92. The zero-order chi connectivity index (χ0) is 13.8. The number of nitro benzene ring substituents is 1. The molecule has 0 radical (unpaired) electrons. The van der Waals surface area contributed by atoms with Gasteiger partial charge in [-0.3, -0.25) is 10.1 Å². The Morgan fingerprint density at radius 2 is 1.89 bits per heavy atom. The lowest BCUT2D eigenvalue weighted by Crippen LogP contribution is -2.01. The summed E-state index contributed by atoms with van der Waals surface area (Å²) in [7, 11) is 0. The lowest BCUT2D eigenvalue weighted by atomic mass is 10.2. The first-order valence-electron chi connectivity index (χ1n) is 5.48. The van der Waals surface area contributed by atoms with Crippen LogP contribution in [0.3, 0.4) is 0 Å². The van der Waals surface area contributed by atoms with Crippen LogP contribution in [0.25, 0.3) is 0 Å². The van der Waals surface area contributed by atoms with Crippen molar-refractivity contribution >= 4 is 11.4 Å². The van der Waals surface area contributed by atoms with Crippen LogP contribution in [0.5, 0.6) is 0 Å². The molecule has 2 aromatic rings. The predicted molar refractivity (Wildman–Crippen MR) is 66.8 cm³/mol. The van der Waals surface area contributed by atoms with Crippen molar-refractivity contribution in [2.75, 3.05) is 5.32 Å². The molecule has 0 unspecified atom stereocenters. The molecule has 19 heavy (non-hydrogen) atoms. The van der Waals surface area contributed by atoms with Crippen molar-refractivity contribution in [2.45, 2.75) is 6.54 Å². The third-order valence-electron chi connectivity index (χ3n) is 2.48. The summed E-state index contributed by atoms with van der Waals surface area (Å²) in [6, 6.07) is 9.11. The maximum absolute atomic E-state index is 13.2. The number of nitrogens with one attached hydrogen (secondary N) is 1. The third-order valence-corrected chi connectivity index (χ3v) is 2.48. The molecule has 0 spiro atoms. The van der Waals surface area contributed by atoms with E-state index in [1.54, 1.807) is 12.1 Å². The normalized spacial score (nSPS) is 10.2. The molecule has 0 heterocycles. The molecule has 0 aliphatic carbocycles. The van der Waals surface area contributed by atoms with E-state index in [1.807, 2.05) is 0 Å². The molecular formula is C13H10F2N2O2. The lowest BCUT2D eigenvalue weighted by molar-refractivity contribution is -0.385. The number of halogens is 2. The molecule has 0 amide bonds. The van der Waals surface area contributed by atoms with Gasteiger partial charge in [-0.15, -0.1) is 0 Å². The summed E-state index contributed by atoms with van der Waals surface area (Å²) in [5.41, 5.74) is 0.601. The van der Waals surface area contributed by atoms with Gasteiger partial charge in [0.2, 0.25) is 0 Å². The second kappa shape index (κ2) is 5.43. The zero-order valence-electron chi connectivity index (χ0n) is 9.77. The smallest absolute Gasteiger partial charge is 0.274 e. The van der Waals surface area contributed by atoms with E-state index < -0.39 is 10.7 Å². The first-order chi connectivity index (χ1) is 9.04. The van der Waals surface area contributed by atoms with Crippen LogP contribution in [-0.4, -0.2) is 4.92 Å². The first kappa shape index (κ1) is 12.9. The van der Waals surface area contributed by atoms with E-state index in [4.69, 9.17) is 0 Å². The Morgan fingerprint density at radius 3 is 2.58 bits per heavy atom. The number of anilines is 1. The van der Waals surface area contributed by atoms with Crippen molar-refractivity contribution in [2.24, 2.45) is 0 Å². The Hall–Kier alpha value is -2.50. The molecule has 2 aromatic carbocycles. The Bertz CT molecular complexity index is 617. The van der Waals surface area contributed by atoms with Crippen LogP contribution in [0.15, 0.2) is 42.5 Å². The van der Waals surface area contributed by atoms with Gasteiger partial charge in [-0.05, 0) is 23.8 Å². The van der Waals surface area contributed by atoms with Gasteiger partial charge in [-0.2, -0.15) is 0 Å². The number of rotatable bonds is 4. The molecule has 6 heteroatoms. The number of non-ortho nitro benzene ring substituents is 1. The average molecular weight is 264 g/mol. The van der Waals surface area contributed by atoms with Gasteiger partial charge in [0, 0.05) is 18.3 Å². The van der Waals surface area contributed by atoms with Crippen LogP contribution >= 0.6 is 0 Å². The molecule has 4 nitrogen and oxygen atoms in total. The predicted octanol–water partition coefficient (Wildman–Crippen LogP) is 3.49. The largest absolute Gasteiger partial charge is 0.381 e. The highest BCUT2D eigenvalue weighted by Crippen LogP contribution is 2.20. The van der Waals surface area contributed by atoms with Gasteiger partial charge in [-0.1, -0.05) is 12.1 Å². The van der Waals surface area contributed by atoms with Crippen molar-refractivity contribution in [1.29, 1.82) is 0 Å². The first-order valence-corrected chi connectivity index (χ1v) is 5.48. The van der Waals surface area contributed by atoms with Crippen LogP contribution in [0, 0.1) is 21.7 Å². The number of nitro groups is 1. The molecule has 98 valence electrons. The van der Waals surface area contributed by atoms with Gasteiger partial charge in [0.05, 0.1) is 11.0 Å². The lowest BCUT2D eigenvalue weighted by Gasteiger charge is -2.06. The summed E-state index contributed by atoms with van der Waals surface area (Å²) >= 11 is 0. The SMILES string of the molecule is O=[N+]([O-])c1cc(F)cc(NCc2cccc(F)c2)c1. The highest BCUT2D eigenvalue weighted by Gasteiger charge is 2.09. The van der Waals surface area contributed by atoms with E-state index in [0.717, 1.165) is 12.1 Å². The van der Waals surface area contributed by atoms with Gasteiger partial charge >= 0.3 is 0 Å². The molecular weight excluding hydrogens is 254 g/mol. The number of benzene rings is 2. The molecule has 2 rings (SSSR count). The highest BCUT2D eigenvalue weighted by molar-refractivity contribution is 5.51. The van der Waals surface area contributed by atoms with Crippen LogP contribution in [0.2, 0.25) is 0 Å². The molecule has 0 aliphatic heterocycles. The highest BCUT2D eigenvalue weighted by atomic mass is 19.1. The third kappa shape index (κ3) is 3.48. The molecule has 0 bridgehead atoms. The summed E-state index contributed by atoms with van der Waals surface area (Å²) in [5, 5.41) is 13.4. The van der Waals surface area contributed by atoms with Crippen molar-refractivity contribution in [3.05, 3.63) is 69.8 Å². The second-order valence-corrected chi connectivity index (χ2v) is 3.94. The van der Waals surface area contributed by atoms with Gasteiger partial charge in [0.15, 0.2) is 0 Å².